The standard InChI is InChI=1S/C19H26O4/c1-17(2,3)8-19(9-18(19,4)5)16(21)23-13-10-6-11-12(7-10)15(20)22-14(11)13/h10,13-14H,6-9H2,1-5H3. The first-order valence-corrected chi connectivity index (χ1v) is 8.68. The van der Waals surface area contributed by atoms with E-state index in [4.69, 9.17) is 9.47 Å². The van der Waals surface area contributed by atoms with Gasteiger partial charge >= 0.3 is 11.9 Å². The molecule has 4 heteroatoms. The van der Waals surface area contributed by atoms with Crippen LogP contribution in [0.2, 0.25) is 0 Å². The van der Waals surface area contributed by atoms with E-state index in [1.165, 1.54) is 0 Å². The zero-order chi connectivity index (χ0) is 16.8. The lowest BCUT2D eigenvalue weighted by molar-refractivity contribution is -0.168. The zero-order valence-electron chi connectivity index (χ0n) is 14.7. The van der Waals surface area contributed by atoms with Crippen molar-refractivity contribution in [1.29, 1.82) is 0 Å². The Morgan fingerprint density at radius 2 is 1.96 bits per heavy atom. The second-order valence-electron chi connectivity index (χ2n) is 9.75. The Morgan fingerprint density at radius 3 is 2.52 bits per heavy atom. The van der Waals surface area contributed by atoms with Crippen molar-refractivity contribution in [3.63, 3.8) is 0 Å². The van der Waals surface area contributed by atoms with Gasteiger partial charge in [-0.25, -0.2) is 4.79 Å². The third-order valence-corrected chi connectivity index (χ3v) is 6.30. The van der Waals surface area contributed by atoms with Crippen molar-refractivity contribution in [2.24, 2.45) is 22.2 Å². The van der Waals surface area contributed by atoms with Crippen LogP contribution < -0.4 is 0 Å². The summed E-state index contributed by atoms with van der Waals surface area (Å²) in [7, 11) is 0. The van der Waals surface area contributed by atoms with Crippen LogP contribution in [0.4, 0.5) is 0 Å². The first-order chi connectivity index (χ1) is 10.5. The van der Waals surface area contributed by atoms with Gasteiger partial charge in [0.1, 0.15) is 6.10 Å². The fourth-order valence-electron chi connectivity index (χ4n) is 5.11. The average molecular weight is 318 g/mol. The minimum atomic E-state index is -0.382. The summed E-state index contributed by atoms with van der Waals surface area (Å²) in [6.07, 6.45) is 2.74. The normalized spacial score (nSPS) is 39.7. The summed E-state index contributed by atoms with van der Waals surface area (Å²) >= 11 is 0. The molecule has 0 amide bonds. The summed E-state index contributed by atoms with van der Waals surface area (Å²) in [5.74, 6) is -0.0313. The molecule has 0 aromatic carbocycles. The van der Waals surface area contributed by atoms with Gasteiger partial charge < -0.3 is 9.47 Å². The molecular weight excluding hydrogens is 292 g/mol. The third-order valence-electron chi connectivity index (χ3n) is 6.30. The Morgan fingerprint density at radius 1 is 1.30 bits per heavy atom. The highest BCUT2D eigenvalue weighted by molar-refractivity contribution is 5.94. The molecule has 1 aliphatic heterocycles. The molecule has 2 bridgehead atoms. The molecule has 4 unspecified atom stereocenters. The number of esters is 2. The molecule has 2 fully saturated rings. The Labute approximate surface area is 137 Å². The molecule has 0 aromatic heterocycles. The van der Waals surface area contributed by atoms with Crippen molar-refractivity contribution >= 4 is 11.9 Å². The molecule has 4 nitrogen and oxygen atoms in total. The van der Waals surface area contributed by atoms with Crippen LogP contribution in [0.5, 0.6) is 0 Å². The van der Waals surface area contributed by atoms with E-state index < -0.39 is 0 Å². The highest BCUT2D eigenvalue weighted by Crippen LogP contribution is 2.68. The van der Waals surface area contributed by atoms with Crippen LogP contribution in [0, 0.1) is 22.2 Å². The molecule has 4 aliphatic rings. The monoisotopic (exact) mass is 318 g/mol. The van der Waals surface area contributed by atoms with Gasteiger partial charge in [-0.2, -0.15) is 0 Å². The fraction of sp³-hybridized carbons (Fsp3) is 0.789. The number of hydrogen-bond acceptors (Lipinski definition) is 4. The van der Waals surface area contributed by atoms with Gasteiger partial charge in [0.05, 0.1) is 5.41 Å². The molecule has 0 radical (unpaired) electrons. The van der Waals surface area contributed by atoms with E-state index >= 15 is 0 Å². The van der Waals surface area contributed by atoms with Crippen molar-refractivity contribution in [2.45, 2.75) is 72.5 Å². The van der Waals surface area contributed by atoms with Crippen LogP contribution in [0.15, 0.2) is 11.1 Å². The molecule has 0 N–H and O–H groups in total. The Kier molecular flexibility index (Phi) is 2.78. The highest BCUT2D eigenvalue weighted by Gasteiger charge is 2.69. The Bertz CT molecular complexity index is 636. The lowest BCUT2D eigenvalue weighted by Crippen LogP contribution is -2.38. The van der Waals surface area contributed by atoms with E-state index in [2.05, 4.69) is 34.6 Å². The average Bonchev–Trinajstić information content (AvgIpc) is 2.75. The summed E-state index contributed by atoms with van der Waals surface area (Å²) in [6, 6.07) is 0. The molecule has 0 aromatic rings. The summed E-state index contributed by atoms with van der Waals surface area (Å²) in [6.45, 7) is 10.8. The van der Waals surface area contributed by atoms with Crippen LogP contribution in [-0.4, -0.2) is 24.1 Å². The van der Waals surface area contributed by atoms with Gasteiger partial charge in [0, 0.05) is 11.5 Å². The second kappa shape index (κ2) is 4.20. The molecule has 2 saturated carbocycles. The van der Waals surface area contributed by atoms with Gasteiger partial charge in [0.15, 0.2) is 6.10 Å². The molecule has 4 rings (SSSR count). The first kappa shape index (κ1) is 15.2. The number of fused-ring (bicyclic) bond motifs is 1. The van der Waals surface area contributed by atoms with Crippen molar-refractivity contribution in [3.05, 3.63) is 11.1 Å². The molecule has 0 spiro atoms. The van der Waals surface area contributed by atoms with Crippen molar-refractivity contribution in [2.75, 3.05) is 0 Å². The molecule has 4 atom stereocenters. The summed E-state index contributed by atoms with van der Waals surface area (Å²) in [5, 5.41) is 0. The fourth-order valence-corrected chi connectivity index (χ4v) is 5.11. The van der Waals surface area contributed by atoms with Crippen LogP contribution in [-0.2, 0) is 19.1 Å². The van der Waals surface area contributed by atoms with Crippen LogP contribution in [0.3, 0.4) is 0 Å². The van der Waals surface area contributed by atoms with Gasteiger partial charge in [-0.3, -0.25) is 4.79 Å². The number of carbonyl (C=O) groups excluding carboxylic acids is 2. The third kappa shape index (κ3) is 2.03. The molecular formula is C19H26O4. The maximum absolute atomic E-state index is 13.0. The zero-order valence-corrected chi connectivity index (χ0v) is 14.7. The van der Waals surface area contributed by atoms with E-state index in [0.29, 0.717) is 0 Å². The predicted molar refractivity (Wildman–Crippen MR) is 84.4 cm³/mol. The van der Waals surface area contributed by atoms with Gasteiger partial charge in [0.2, 0.25) is 0 Å². The lowest BCUT2D eigenvalue weighted by Gasteiger charge is -2.30. The first-order valence-electron chi connectivity index (χ1n) is 8.68. The van der Waals surface area contributed by atoms with Crippen molar-refractivity contribution in [1.82, 2.24) is 0 Å². The SMILES string of the molecule is CC(C)(C)CC1(C(=O)OC2C3CC4=C(C3)C2OC4=O)CC1(C)C. The minimum Gasteiger partial charge on any atom is -0.457 e. The Balaban J connectivity index is 1.53. The maximum Gasteiger partial charge on any atom is 0.334 e. The van der Waals surface area contributed by atoms with Crippen molar-refractivity contribution < 1.29 is 19.1 Å². The highest BCUT2D eigenvalue weighted by atomic mass is 16.6. The van der Waals surface area contributed by atoms with Crippen molar-refractivity contribution in [3.8, 4) is 0 Å². The van der Waals surface area contributed by atoms with E-state index in [-0.39, 0.29) is 46.3 Å². The lowest BCUT2D eigenvalue weighted by atomic mass is 9.79. The molecule has 1 heterocycles. The molecule has 0 saturated heterocycles. The van der Waals surface area contributed by atoms with Crippen LogP contribution >= 0.6 is 0 Å². The van der Waals surface area contributed by atoms with Gasteiger partial charge in [0.25, 0.3) is 0 Å². The van der Waals surface area contributed by atoms with E-state index in [0.717, 1.165) is 36.8 Å². The van der Waals surface area contributed by atoms with Gasteiger partial charge in [-0.15, -0.1) is 0 Å². The summed E-state index contributed by atoms with van der Waals surface area (Å²) in [4.78, 5) is 24.8. The predicted octanol–water partition coefficient (Wildman–Crippen LogP) is 3.40. The van der Waals surface area contributed by atoms with Gasteiger partial charge in [-0.1, -0.05) is 34.6 Å². The van der Waals surface area contributed by atoms with E-state index in [1.54, 1.807) is 0 Å². The quantitative estimate of drug-likeness (QED) is 0.748. The molecule has 3 aliphatic carbocycles. The molecule has 126 valence electrons. The Hall–Kier alpha value is -1.32. The summed E-state index contributed by atoms with van der Waals surface area (Å²) in [5.41, 5.74) is 1.64. The van der Waals surface area contributed by atoms with E-state index in [1.807, 2.05) is 0 Å². The van der Waals surface area contributed by atoms with Gasteiger partial charge in [-0.05, 0) is 42.1 Å². The molecule has 23 heavy (non-hydrogen) atoms. The maximum atomic E-state index is 13.0. The topological polar surface area (TPSA) is 52.6 Å². The number of rotatable bonds is 3. The largest absolute Gasteiger partial charge is 0.457 e. The second-order valence-corrected chi connectivity index (χ2v) is 9.75. The minimum absolute atomic E-state index is 0.00817. The number of ether oxygens (including phenoxy) is 2. The van der Waals surface area contributed by atoms with E-state index in [9.17, 15) is 9.59 Å². The van der Waals surface area contributed by atoms with Crippen LogP contribution in [0.25, 0.3) is 0 Å². The van der Waals surface area contributed by atoms with Crippen LogP contribution in [0.1, 0.15) is 60.3 Å². The smallest absolute Gasteiger partial charge is 0.334 e. The number of carbonyl (C=O) groups is 2. The number of hydrogen-bond donors (Lipinski definition) is 0. The summed E-state index contributed by atoms with van der Waals surface area (Å²) < 4.78 is 11.4.